The second-order valence-electron chi connectivity index (χ2n) is 4.55. The maximum absolute atomic E-state index is 6.14. The standard InChI is InChI=1S/C15H14ClN3O/c1-10-18-7-6-11(19-10)8-17-9-13-12-4-2-3-5-14(12)20-15(13)16/h2-7,17H,8-9H2,1H3. The Morgan fingerprint density at radius 1 is 1.20 bits per heavy atom. The molecule has 2 heterocycles. The quantitative estimate of drug-likeness (QED) is 0.798. The van der Waals surface area contributed by atoms with E-state index in [0.29, 0.717) is 18.3 Å². The monoisotopic (exact) mass is 287 g/mol. The Morgan fingerprint density at radius 2 is 2.05 bits per heavy atom. The lowest BCUT2D eigenvalue weighted by Gasteiger charge is -2.04. The number of benzene rings is 1. The fourth-order valence-electron chi connectivity index (χ4n) is 2.15. The Balaban J connectivity index is 1.73. The van der Waals surface area contributed by atoms with E-state index < -0.39 is 0 Å². The summed E-state index contributed by atoms with van der Waals surface area (Å²) in [6, 6.07) is 9.73. The molecule has 0 fully saturated rings. The molecule has 2 aromatic heterocycles. The molecule has 0 radical (unpaired) electrons. The van der Waals surface area contributed by atoms with Crippen molar-refractivity contribution >= 4 is 22.6 Å². The molecule has 0 amide bonds. The number of fused-ring (bicyclic) bond motifs is 1. The summed E-state index contributed by atoms with van der Waals surface area (Å²) in [5.41, 5.74) is 2.75. The number of aryl methyl sites for hydroxylation is 1. The first-order valence-corrected chi connectivity index (χ1v) is 6.77. The molecule has 0 spiro atoms. The minimum absolute atomic E-state index is 0.442. The van der Waals surface area contributed by atoms with Gasteiger partial charge in [0.05, 0.1) is 5.69 Å². The second-order valence-corrected chi connectivity index (χ2v) is 4.89. The maximum Gasteiger partial charge on any atom is 0.199 e. The van der Waals surface area contributed by atoms with E-state index in [0.717, 1.165) is 28.1 Å². The molecular formula is C15H14ClN3O. The minimum Gasteiger partial charge on any atom is -0.444 e. The molecule has 3 aromatic rings. The van der Waals surface area contributed by atoms with E-state index in [-0.39, 0.29) is 0 Å². The number of nitrogens with one attached hydrogen (secondary N) is 1. The molecule has 0 aliphatic heterocycles. The number of nitrogens with zero attached hydrogens (tertiary/aromatic N) is 2. The molecule has 1 aromatic carbocycles. The highest BCUT2D eigenvalue weighted by atomic mass is 35.5. The number of halogens is 1. The zero-order valence-corrected chi connectivity index (χ0v) is 11.8. The van der Waals surface area contributed by atoms with Crippen LogP contribution in [-0.4, -0.2) is 9.97 Å². The Bertz CT molecular complexity index is 739. The predicted molar refractivity (Wildman–Crippen MR) is 78.5 cm³/mol. The van der Waals surface area contributed by atoms with Crippen LogP contribution in [0.4, 0.5) is 0 Å². The maximum atomic E-state index is 6.14. The lowest BCUT2D eigenvalue weighted by atomic mass is 10.2. The first-order chi connectivity index (χ1) is 9.74. The van der Waals surface area contributed by atoms with Crippen molar-refractivity contribution in [3.05, 3.63) is 58.8 Å². The number of furan rings is 1. The van der Waals surface area contributed by atoms with Crippen molar-refractivity contribution in [3.8, 4) is 0 Å². The van der Waals surface area contributed by atoms with Gasteiger partial charge in [0.25, 0.3) is 0 Å². The van der Waals surface area contributed by atoms with Crippen molar-refractivity contribution in [2.75, 3.05) is 0 Å². The van der Waals surface area contributed by atoms with Gasteiger partial charge >= 0.3 is 0 Å². The SMILES string of the molecule is Cc1nccc(CNCc2c(Cl)oc3ccccc23)n1. The fraction of sp³-hybridized carbons (Fsp3) is 0.200. The summed E-state index contributed by atoms with van der Waals surface area (Å²) in [6.07, 6.45) is 1.76. The van der Waals surface area contributed by atoms with Crippen LogP contribution in [0, 0.1) is 6.92 Å². The summed E-state index contributed by atoms with van der Waals surface area (Å²) in [5.74, 6) is 0.774. The zero-order valence-electron chi connectivity index (χ0n) is 11.1. The summed E-state index contributed by atoms with van der Waals surface area (Å²) in [5, 5.41) is 4.82. The first kappa shape index (κ1) is 13.1. The fourth-order valence-corrected chi connectivity index (χ4v) is 2.40. The smallest absolute Gasteiger partial charge is 0.199 e. The lowest BCUT2D eigenvalue weighted by molar-refractivity contribution is 0.602. The topological polar surface area (TPSA) is 51.0 Å². The Kier molecular flexibility index (Phi) is 3.67. The molecule has 0 saturated carbocycles. The van der Waals surface area contributed by atoms with E-state index in [1.165, 1.54) is 0 Å². The zero-order chi connectivity index (χ0) is 13.9. The van der Waals surface area contributed by atoms with Crippen molar-refractivity contribution in [2.45, 2.75) is 20.0 Å². The normalized spacial score (nSPS) is 11.1. The van der Waals surface area contributed by atoms with Crippen LogP contribution in [0.15, 0.2) is 40.9 Å². The number of para-hydroxylation sites is 1. The molecule has 3 rings (SSSR count). The Labute approximate surface area is 121 Å². The summed E-state index contributed by atoms with van der Waals surface area (Å²) < 4.78 is 5.52. The molecule has 1 N–H and O–H groups in total. The highest BCUT2D eigenvalue weighted by Gasteiger charge is 2.11. The van der Waals surface area contributed by atoms with Crippen LogP contribution in [-0.2, 0) is 13.1 Å². The largest absolute Gasteiger partial charge is 0.444 e. The molecule has 0 aliphatic carbocycles. The van der Waals surface area contributed by atoms with E-state index in [1.807, 2.05) is 37.3 Å². The number of hydrogen-bond acceptors (Lipinski definition) is 4. The van der Waals surface area contributed by atoms with Crippen molar-refractivity contribution in [1.82, 2.24) is 15.3 Å². The number of hydrogen-bond donors (Lipinski definition) is 1. The highest BCUT2D eigenvalue weighted by Crippen LogP contribution is 2.29. The van der Waals surface area contributed by atoms with Crippen LogP contribution < -0.4 is 5.32 Å². The molecule has 4 nitrogen and oxygen atoms in total. The van der Waals surface area contributed by atoms with Gasteiger partial charge in [-0.05, 0) is 30.7 Å². The minimum atomic E-state index is 0.442. The van der Waals surface area contributed by atoms with Crippen molar-refractivity contribution in [3.63, 3.8) is 0 Å². The van der Waals surface area contributed by atoms with Gasteiger partial charge in [-0.25, -0.2) is 9.97 Å². The molecule has 0 atom stereocenters. The molecule has 0 saturated heterocycles. The van der Waals surface area contributed by atoms with Gasteiger partial charge in [0.1, 0.15) is 11.4 Å². The lowest BCUT2D eigenvalue weighted by Crippen LogP contribution is -2.14. The summed E-state index contributed by atoms with van der Waals surface area (Å²) in [6.45, 7) is 3.18. The van der Waals surface area contributed by atoms with Gasteiger partial charge in [-0.2, -0.15) is 0 Å². The van der Waals surface area contributed by atoms with E-state index in [4.69, 9.17) is 16.0 Å². The van der Waals surface area contributed by atoms with Crippen LogP contribution in [0.5, 0.6) is 0 Å². The molecule has 5 heteroatoms. The van der Waals surface area contributed by atoms with Gasteiger partial charge in [0.2, 0.25) is 0 Å². The molecular weight excluding hydrogens is 274 g/mol. The van der Waals surface area contributed by atoms with Crippen LogP contribution in [0.3, 0.4) is 0 Å². The Hall–Kier alpha value is -1.91. The summed E-state index contributed by atoms with van der Waals surface area (Å²) >= 11 is 6.14. The van der Waals surface area contributed by atoms with E-state index in [2.05, 4.69) is 15.3 Å². The van der Waals surface area contributed by atoms with Gasteiger partial charge in [-0.15, -0.1) is 0 Å². The van der Waals surface area contributed by atoms with Gasteiger partial charge < -0.3 is 9.73 Å². The number of rotatable bonds is 4. The van der Waals surface area contributed by atoms with E-state index in [1.54, 1.807) is 6.20 Å². The third-order valence-electron chi connectivity index (χ3n) is 3.09. The molecule has 102 valence electrons. The van der Waals surface area contributed by atoms with Crippen molar-refractivity contribution < 1.29 is 4.42 Å². The Morgan fingerprint density at radius 3 is 2.90 bits per heavy atom. The highest BCUT2D eigenvalue weighted by molar-refractivity contribution is 6.30. The van der Waals surface area contributed by atoms with Crippen LogP contribution >= 0.6 is 11.6 Å². The van der Waals surface area contributed by atoms with Crippen LogP contribution in [0.25, 0.3) is 11.0 Å². The predicted octanol–water partition coefficient (Wildman–Crippen LogP) is 3.47. The van der Waals surface area contributed by atoms with Crippen LogP contribution in [0.2, 0.25) is 5.22 Å². The summed E-state index contributed by atoms with van der Waals surface area (Å²) in [7, 11) is 0. The van der Waals surface area contributed by atoms with E-state index in [9.17, 15) is 0 Å². The van der Waals surface area contributed by atoms with E-state index >= 15 is 0 Å². The van der Waals surface area contributed by atoms with Gasteiger partial charge in [-0.3, -0.25) is 0 Å². The van der Waals surface area contributed by atoms with Gasteiger partial charge in [0, 0.05) is 30.2 Å². The van der Waals surface area contributed by atoms with Gasteiger partial charge in [0.15, 0.2) is 5.22 Å². The third-order valence-corrected chi connectivity index (χ3v) is 3.40. The van der Waals surface area contributed by atoms with Gasteiger partial charge in [-0.1, -0.05) is 18.2 Å². The average Bonchev–Trinajstić information content (AvgIpc) is 2.75. The third kappa shape index (κ3) is 2.66. The molecule has 0 aliphatic rings. The molecule has 0 bridgehead atoms. The molecule has 20 heavy (non-hydrogen) atoms. The summed E-state index contributed by atoms with van der Waals surface area (Å²) in [4.78, 5) is 8.42. The number of aromatic nitrogens is 2. The van der Waals surface area contributed by atoms with Crippen molar-refractivity contribution in [1.29, 1.82) is 0 Å². The second kappa shape index (κ2) is 5.61. The van der Waals surface area contributed by atoms with Crippen molar-refractivity contribution in [2.24, 2.45) is 0 Å². The first-order valence-electron chi connectivity index (χ1n) is 6.39. The molecule has 0 unspecified atom stereocenters. The van der Waals surface area contributed by atoms with Crippen LogP contribution in [0.1, 0.15) is 17.1 Å². The average molecular weight is 288 g/mol.